The van der Waals surface area contributed by atoms with Crippen LogP contribution in [-0.2, 0) is 19.0 Å². The van der Waals surface area contributed by atoms with Crippen LogP contribution in [0.25, 0.3) is 0 Å². The molecule has 0 bridgehead atoms. The Hall–Kier alpha value is -2.98. The van der Waals surface area contributed by atoms with E-state index in [1.54, 1.807) is 0 Å². The molecule has 2 aromatic carbocycles. The van der Waals surface area contributed by atoms with Gasteiger partial charge in [-0.25, -0.2) is 0 Å². The number of benzene rings is 2. The largest absolute Gasteiger partial charge is 0.487 e. The van der Waals surface area contributed by atoms with Gasteiger partial charge < -0.3 is 10.1 Å². The van der Waals surface area contributed by atoms with Gasteiger partial charge in [0.05, 0.1) is 21.7 Å². The van der Waals surface area contributed by atoms with Crippen LogP contribution in [0.5, 0.6) is 5.75 Å². The summed E-state index contributed by atoms with van der Waals surface area (Å²) in [5, 5.41) is 2.64. The third-order valence-electron chi connectivity index (χ3n) is 4.28. The van der Waals surface area contributed by atoms with Gasteiger partial charge in [0, 0.05) is 34.7 Å². The van der Waals surface area contributed by atoms with Gasteiger partial charge >= 0.3 is 12.4 Å². The van der Waals surface area contributed by atoms with Crippen molar-refractivity contribution in [2.75, 3.05) is 5.32 Å². The van der Waals surface area contributed by atoms with E-state index in [-0.39, 0.29) is 34.6 Å². The summed E-state index contributed by atoms with van der Waals surface area (Å²) in [7, 11) is 0. The lowest BCUT2D eigenvalue weighted by Crippen LogP contribution is -2.18. The number of anilines is 1. The quantitative estimate of drug-likeness (QED) is 0.369. The number of pyridine rings is 1. The lowest BCUT2D eigenvalue weighted by Gasteiger charge is -2.16. The maximum atomic E-state index is 13.1. The van der Waals surface area contributed by atoms with Crippen molar-refractivity contribution < 1.29 is 35.9 Å². The van der Waals surface area contributed by atoms with E-state index >= 15 is 0 Å². The number of hydrogen-bond acceptors (Lipinski definition) is 3. The highest BCUT2D eigenvalue weighted by Gasteiger charge is 2.37. The number of alkyl halides is 6. The van der Waals surface area contributed by atoms with Crippen molar-refractivity contribution in [2.24, 2.45) is 0 Å². The van der Waals surface area contributed by atoms with Gasteiger partial charge in [-0.1, -0.05) is 23.2 Å². The minimum absolute atomic E-state index is 0.0340. The molecular weight excluding hydrogens is 497 g/mol. The number of ether oxygens (including phenoxy) is 1. The molecule has 1 aromatic heterocycles. The van der Waals surface area contributed by atoms with Crippen LogP contribution in [0.4, 0.5) is 32.0 Å². The zero-order chi connectivity index (χ0) is 24.4. The number of carbonyl (C=O) groups excluding carboxylic acids is 1. The summed E-state index contributed by atoms with van der Waals surface area (Å²) in [6, 6.07) is 6.65. The maximum absolute atomic E-state index is 13.1. The summed E-state index contributed by atoms with van der Waals surface area (Å²) >= 11 is 11.9. The van der Waals surface area contributed by atoms with Crippen molar-refractivity contribution in [3.05, 3.63) is 87.2 Å². The minimum atomic E-state index is -5.05. The summed E-state index contributed by atoms with van der Waals surface area (Å²) in [5.74, 6) is -0.772. The molecule has 12 heteroatoms. The number of aromatic nitrogens is 1. The van der Waals surface area contributed by atoms with E-state index in [2.05, 4.69) is 10.3 Å². The Bertz CT molecular complexity index is 1150. The first-order valence-electron chi connectivity index (χ1n) is 8.96. The Kier molecular flexibility index (Phi) is 7.08. The summed E-state index contributed by atoms with van der Waals surface area (Å²) in [4.78, 5) is 16.5. The van der Waals surface area contributed by atoms with Crippen molar-refractivity contribution >= 4 is 34.8 Å². The summed E-state index contributed by atoms with van der Waals surface area (Å²) < 4.78 is 83.9. The fraction of sp³-hybridized carbons (Fsp3) is 0.143. The second-order valence-corrected chi connectivity index (χ2v) is 7.49. The molecule has 1 heterocycles. The molecule has 0 fully saturated rings. The first kappa shape index (κ1) is 24.7. The molecule has 1 N–H and O–H groups in total. The molecule has 3 rings (SSSR count). The van der Waals surface area contributed by atoms with Gasteiger partial charge in [-0.05, 0) is 36.4 Å². The molecule has 33 heavy (non-hydrogen) atoms. The third kappa shape index (κ3) is 6.29. The standard InChI is InChI=1S/C21H12Cl2F6N2O2/c22-14-1-2-17(23)18(8-14)33-10-11-3-4-30-9-16(11)19(32)31-15-6-12(20(24,25)26)5-13(7-15)21(27,28)29/h1-9H,10H2,(H,31,32). The second kappa shape index (κ2) is 9.48. The molecule has 0 spiro atoms. The highest BCUT2D eigenvalue weighted by atomic mass is 35.5. The van der Waals surface area contributed by atoms with Crippen molar-refractivity contribution in [1.82, 2.24) is 4.98 Å². The van der Waals surface area contributed by atoms with Crippen molar-refractivity contribution in [2.45, 2.75) is 19.0 Å². The third-order valence-corrected chi connectivity index (χ3v) is 4.83. The zero-order valence-corrected chi connectivity index (χ0v) is 17.7. The van der Waals surface area contributed by atoms with Crippen molar-refractivity contribution in [3.8, 4) is 5.75 Å². The second-order valence-electron chi connectivity index (χ2n) is 6.64. The Labute approximate surface area is 193 Å². The van der Waals surface area contributed by atoms with E-state index in [0.29, 0.717) is 17.2 Å². The first-order chi connectivity index (χ1) is 15.3. The summed E-state index contributed by atoms with van der Waals surface area (Å²) in [6.07, 6.45) is -7.67. The van der Waals surface area contributed by atoms with Gasteiger partial charge in [0.2, 0.25) is 0 Å². The maximum Gasteiger partial charge on any atom is 0.416 e. The zero-order valence-electron chi connectivity index (χ0n) is 16.2. The Morgan fingerprint density at radius 1 is 0.939 bits per heavy atom. The number of nitrogens with zero attached hydrogens (tertiary/aromatic N) is 1. The van der Waals surface area contributed by atoms with Gasteiger partial charge in [0.15, 0.2) is 0 Å². The average molecular weight is 509 g/mol. The molecule has 0 radical (unpaired) electrons. The highest BCUT2D eigenvalue weighted by molar-refractivity contribution is 6.34. The van der Waals surface area contributed by atoms with Gasteiger partial charge in [0.25, 0.3) is 5.91 Å². The Morgan fingerprint density at radius 3 is 2.18 bits per heavy atom. The summed E-state index contributed by atoms with van der Waals surface area (Å²) in [5.41, 5.74) is -3.67. The van der Waals surface area contributed by atoms with E-state index in [1.165, 1.54) is 30.5 Å². The summed E-state index contributed by atoms with van der Waals surface area (Å²) in [6.45, 7) is -0.207. The van der Waals surface area contributed by atoms with Crippen LogP contribution >= 0.6 is 23.2 Å². The van der Waals surface area contributed by atoms with Crippen LogP contribution in [0, 0.1) is 0 Å². The first-order valence-corrected chi connectivity index (χ1v) is 9.72. The Morgan fingerprint density at radius 2 is 1.58 bits per heavy atom. The highest BCUT2D eigenvalue weighted by Crippen LogP contribution is 2.37. The predicted molar refractivity (Wildman–Crippen MR) is 109 cm³/mol. The van der Waals surface area contributed by atoms with E-state index < -0.39 is 35.1 Å². The smallest absolute Gasteiger partial charge is 0.416 e. The molecule has 1 amide bonds. The fourth-order valence-corrected chi connectivity index (χ4v) is 3.06. The van der Waals surface area contributed by atoms with E-state index in [9.17, 15) is 31.1 Å². The topological polar surface area (TPSA) is 51.2 Å². The molecule has 0 atom stereocenters. The van der Waals surface area contributed by atoms with Crippen LogP contribution in [0.3, 0.4) is 0 Å². The van der Waals surface area contributed by atoms with Crippen molar-refractivity contribution in [3.63, 3.8) is 0 Å². The van der Waals surface area contributed by atoms with E-state index in [0.717, 1.165) is 6.20 Å². The minimum Gasteiger partial charge on any atom is -0.487 e. The van der Waals surface area contributed by atoms with Gasteiger partial charge in [-0.2, -0.15) is 26.3 Å². The van der Waals surface area contributed by atoms with Crippen LogP contribution in [0.2, 0.25) is 10.0 Å². The monoisotopic (exact) mass is 508 g/mol. The predicted octanol–water partition coefficient (Wildman–Crippen LogP) is 7.26. The normalized spacial score (nSPS) is 11.9. The molecule has 0 saturated heterocycles. The number of rotatable bonds is 5. The molecule has 4 nitrogen and oxygen atoms in total. The lowest BCUT2D eigenvalue weighted by molar-refractivity contribution is -0.143. The molecule has 0 aliphatic heterocycles. The van der Waals surface area contributed by atoms with Crippen LogP contribution in [-0.4, -0.2) is 10.9 Å². The van der Waals surface area contributed by atoms with Crippen LogP contribution in [0.1, 0.15) is 27.0 Å². The molecular formula is C21H12Cl2F6N2O2. The van der Waals surface area contributed by atoms with Crippen LogP contribution in [0.15, 0.2) is 54.9 Å². The molecule has 0 aliphatic carbocycles. The molecule has 3 aromatic rings. The molecule has 0 unspecified atom stereocenters. The number of hydrogen-bond donors (Lipinski definition) is 1. The SMILES string of the molecule is O=C(Nc1cc(C(F)(F)F)cc(C(F)(F)F)c1)c1cnccc1COc1cc(Cl)ccc1Cl. The van der Waals surface area contributed by atoms with Gasteiger partial charge in [0.1, 0.15) is 12.4 Å². The number of nitrogens with one attached hydrogen (secondary N) is 1. The van der Waals surface area contributed by atoms with Gasteiger partial charge in [-0.3, -0.25) is 9.78 Å². The average Bonchev–Trinajstić information content (AvgIpc) is 2.73. The molecule has 174 valence electrons. The lowest BCUT2D eigenvalue weighted by atomic mass is 10.1. The Balaban J connectivity index is 1.87. The molecule has 0 aliphatic rings. The van der Waals surface area contributed by atoms with E-state index in [4.69, 9.17) is 27.9 Å². The fourth-order valence-electron chi connectivity index (χ4n) is 2.72. The van der Waals surface area contributed by atoms with Crippen molar-refractivity contribution in [1.29, 1.82) is 0 Å². The number of carbonyl (C=O) groups is 1. The number of amides is 1. The van der Waals surface area contributed by atoms with Gasteiger partial charge in [-0.15, -0.1) is 0 Å². The molecule has 0 saturated carbocycles. The van der Waals surface area contributed by atoms with E-state index in [1.807, 2.05) is 0 Å². The number of halogens is 8. The van der Waals surface area contributed by atoms with Crippen LogP contribution < -0.4 is 10.1 Å².